The van der Waals surface area contributed by atoms with Crippen molar-refractivity contribution < 1.29 is 13.5 Å². The van der Waals surface area contributed by atoms with Gasteiger partial charge in [0.25, 0.3) is 0 Å². The van der Waals surface area contributed by atoms with E-state index in [9.17, 15) is 8.42 Å². The van der Waals surface area contributed by atoms with Crippen LogP contribution in [0.1, 0.15) is 25.3 Å². The van der Waals surface area contributed by atoms with E-state index in [0.717, 1.165) is 12.8 Å². The van der Waals surface area contributed by atoms with E-state index < -0.39 is 10.0 Å². The van der Waals surface area contributed by atoms with Gasteiger partial charge in [0.05, 0.1) is 4.90 Å². The molecule has 2 rings (SSSR count). The maximum atomic E-state index is 12.5. The Morgan fingerprint density at radius 3 is 2.45 bits per heavy atom. The zero-order valence-corrected chi connectivity index (χ0v) is 12.4. The Hall–Kier alpha value is -1.35. The van der Waals surface area contributed by atoms with E-state index in [-0.39, 0.29) is 6.61 Å². The summed E-state index contributed by atoms with van der Waals surface area (Å²) in [4.78, 5) is 0.301. The molecule has 0 saturated heterocycles. The Morgan fingerprint density at radius 2 is 1.95 bits per heavy atom. The van der Waals surface area contributed by atoms with Crippen LogP contribution in [0.2, 0.25) is 0 Å². The minimum Gasteiger partial charge on any atom is -0.384 e. The molecule has 1 aliphatic rings. The summed E-state index contributed by atoms with van der Waals surface area (Å²) < 4.78 is 26.5. The Kier molecular flexibility index (Phi) is 4.81. The number of sulfonamides is 1. The molecule has 1 aromatic rings. The summed E-state index contributed by atoms with van der Waals surface area (Å²) in [5.74, 6) is 5.81. The Labute approximate surface area is 120 Å². The highest BCUT2D eigenvalue weighted by Gasteiger charge is 2.30. The second-order valence-corrected chi connectivity index (χ2v) is 6.82. The van der Waals surface area contributed by atoms with Crippen molar-refractivity contribution in [2.45, 2.75) is 24.7 Å². The zero-order chi connectivity index (χ0) is 14.6. The Balaban J connectivity index is 2.19. The first-order valence-corrected chi connectivity index (χ1v) is 8.22. The van der Waals surface area contributed by atoms with Gasteiger partial charge in [-0.25, -0.2) is 8.42 Å². The summed E-state index contributed by atoms with van der Waals surface area (Å²) in [7, 11) is -3.41. The Morgan fingerprint density at radius 1 is 1.30 bits per heavy atom. The number of aliphatic hydroxyl groups is 1. The topological polar surface area (TPSA) is 57.6 Å². The van der Waals surface area contributed by atoms with E-state index in [1.54, 1.807) is 28.6 Å². The van der Waals surface area contributed by atoms with Crippen LogP contribution in [0.25, 0.3) is 0 Å². The predicted molar refractivity (Wildman–Crippen MR) is 77.6 cm³/mol. The quantitative estimate of drug-likeness (QED) is 0.836. The van der Waals surface area contributed by atoms with Gasteiger partial charge in [0, 0.05) is 18.7 Å². The highest BCUT2D eigenvalue weighted by atomic mass is 32.2. The fraction of sp³-hybridized carbons (Fsp3) is 0.467. The second-order valence-electron chi connectivity index (χ2n) is 4.88. The largest absolute Gasteiger partial charge is 0.384 e. The zero-order valence-electron chi connectivity index (χ0n) is 11.5. The molecule has 20 heavy (non-hydrogen) atoms. The van der Waals surface area contributed by atoms with E-state index in [1.165, 1.54) is 0 Å². The molecule has 4 nitrogen and oxygen atoms in total. The van der Waals surface area contributed by atoms with Crippen molar-refractivity contribution in [1.82, 2.24) is 4.31 Å². The number of benzene rings is 1. The van der Waals surface area contributed by atoms with Crippen LogP contribution in [-0.2, 0) is 10.0 Å². The molecule has 0 aliphatic heterocycles. The molecular weight excluding hydrogens is 274 g/mol. The lowest BCUT2D eigenvalue weighted by Gasteiger charge is -2.20. The van der Waals surface area contributed by atoms with Crippen molar-refractivity contribution in [3.8, 4) is 11.8 Å². The van der Waals surface area contributed by atoms with Gasteiger partial charge in [-0.15, -0.1) is 0 Å². The van der Waals surface area contributed by atoms with Gasteiger partial charge in [-0.05, 0) is 43.0 Å². The number of nitrogens with zero attached hydrogens (tertiary/aromatic N) is 1. The summed E-state index contributed by atoms with van der Waals surface area (Å²) in [6, 6.07) is 6.49. The number of hydrogen-bond acceptors (Lipinski definition) is 3. The number of hydrogen-bond donors (Lipinski definition) is 1. The molecule has 0 radical (unpaired) electrons. The molecule has 0 bridgehead atoms. The van der Waals surface area contributed by atoms with Gasteiger partial charge >= 0.3 is 0 Å². The fourth-order valence-corrected chi connectivity index (χ4v) is 3.51. The van der Waals surface area contributed by atoms with Gasteiger partial charge in [0.2, 0.25) is 10.0 Å². The predicted octanol–water partition coefficient (Wildman–Crippen LogP) is 1.45. The molecule has 0 aromatic heterocycles. The molecule has 1 aliphatic carbocycles. The molecule has 1 saturated carbocycles. The third-order valence-electron chi connectivity index (χ3n) is 3.32. The van der Waals surface area contributed by atoms with Crippen LogP contribution < -0.4 is 0 Å². The normalized spacial score (nSPS) is 14.9. The molecule has 0 spiro atoms. The minimum atomic E-state index is -3.41. The smallest absolute Gasteiger partial charge is 0.243 e. The van der Waals surface area contributed by atoms with E-state index >= 15 is 0 Å². The summed E-state index contributed by atoms with van der Waals surface area (Å²) in [5.41, 5.74) is 0.697. The van der Waals surface area contributed by atoms with Crippen molar-refractivity contribution in [3.05, 3.63) is 29.8 Å². The van der Waals surface area contributed by atoms with Crippen LogP contribution in [0.5, 0.6) is 0 Å². The van der Waals surface area contributed by atoms with Crippen molar-refractivity contribution >= 4 is 10.0 Å². The van der Waals surface area contributed by atoms with Crippen LogP contribution in [0.15, 0.2) is 29.2 Å². The van der Waals surface area contributed by atoms with Crippen LogP contribution in [-0.4, -0.2) is 37.5 Å². The van der Waals surface area contributed by atoms with Crippen LogP contribution in [0, 0.1) is 17.8 Å². The van der Waals surface area contributed by atoms with Crippen LogP contribution in [0.4, 0.5) is 0 Å². The second kappa shape index (κ2) is 6.40. The molecular formula is C15H19NO3S. The highest BCUT2D eigenvalue weighted by molar-refractivity contribution is 7.89. The molecule has 0 unspecified atom stereocenters. The van der Waals surface area contributed by atoms with Gasteiger partial charge in [-0.1, -0.05) is 18.8 Å². The van der Waals surface area contributed by atoms with Crippen molar-refractivity contribution in [1.29, 1.82) is 0 Å². The summed E-state index contributed by atoms with van der Waals surface area (Å²) in [6.45, 7) is 2.77. The molecule has 0 atom stereocenters. The molecule has 0 amide bonds. The molecule has 0 heterocycles. The summed E-state index contributed by atoms with van der Waals surface area (Å²) in [5, 5.41) is 8.63. The first-order chi connectivity index (χ1) is 9.57. The third-order valence-corrected chi connectivity index (χ3v) is 5.27. The Bertz CT molecular complexity index is 607. The molecule has 1 aromatic carbocycles. The van der Waals surface area contributed by atoms with Crippen LogP contribution in [0.3, 0.4) is 0 Å². The lowest BCUT2D eigenvalue weighted by molar-refractivity contribution is 0.350. The molecule has 1 fully saturated rings. The van der Waals surface area contributed by atoms with Crippen molar-refractivity contribution in [3.63, 3.8) is 0 Å². The highest BCUT2D eigenvalue weighted by Crippen LogP contribution is 2.31. The molecule has 5 heteroatoms. The van der Waals surface area contributed by atoms with Gasteiger partial charge in [-0.2, -0.15) is 4.31 Å². The minimum absolute atomic E-state index is 0.203. The molecule has 1 N–H and O–H groups in total. The van der Waals surface area contributed by atoms with Gasteiger partial charge in [0.1, 0.15) is 6.61 Å². The lowest BCUT2D eigenvalue weighted by atomic mass is 10.2. The standard InChI is InChI=1S/C15H19NO3S/c1-2-16(12-14-5-6-14)20(18,19)15-9-7-13(8-10-15)4-3-11-17/h7-10,14,17H,2,5-6,11-12H2,1H3. The van der Waals surface area contributed by atoms with E-state index in [1.807, 2.05) is 6.92 Å². The maximum Gasteiger partial charge on any atom is 0.243 e. The van der Waals surface area contributed by atoms with E-state index in [0.29, 0.717) is 29.5 Å². The molecule has 108 valence electrons. The average molecular weight is 293 g/mol. The third kappa shape index (κ3) is 3.60. The fourth-order valence-electron chi connectivity index (χ4n) is 1.99. The van der Waals surface area contributed by atoms with E-state index in [2.05, 4.69) is 11.8 Å². The van der Waals surface area contributed by atoms with Crippen LogP contribution >= 0.6 is 0 Å². The number of aliphatic hydroxyl groups excluding tert-OH is 1. The van der Waals surface area contributed by atoms with Gasteiger partial charge in [-0.3, -0.25) is 0 Å². The first kappa shape index (κ1) is 15.0. The van der Waals surface area contributed by atoms with E-state index in [4.69, 9.17) is 5.11 Å². The summed E-state index contributed by atoms with van der Waals surface area (Å²) >= 11 is 0. The van der Waals surface area contributed by atoms with Crippen molar-refractivity contribution in [2.24, 2.45) is 5.92 Å². The van der Waals surface area contributed by atoms with Gasteiger partial charge in [0.15, 0.2) is 0 Å². The lowest BCUT2D eigenvalue weighted by Crippen LogP contribution is -2.32. The SMILES string of the molecule is CCN(CC1CC1)S(=O)(=O)c1ccc(C#CCO)cc1. The number of rotatable bonds is 5. The monoisotopic (exact) mass is 293 g/mol. The first-order valence-electron chi connectivity index (χ1n) is 6.78. The maximum absolute atomic E-state index is 12.5. The van der Waals surface area contributed by atoms with Gasteiger partial charge < -0.3 is 5.11 Å². The summed E-state index contributed by atoms with van der Waals surface area (Å²) in [6.07, 6.45) is 2.25. The average Bonchev–Trinajstić information content (AvgIpc) is 3.26. The van der Waals surface area contributed by atoms with Crippen molar-refractivity contribution in [2.75, 3.05) is 19.7 Å².